The zero-order chi connectivity index (χ0) is 18.0. The molecule has 24 heavy (non-hydrogen) atoms. The van der Waals surface area contributed by atoms with Gasteiger partial charge in [-0.2, -0.15) is 0 Å². The summed E-state index contributed by atoms with van der Waals surface area (Å²) >= 11 is 1.65. The van der Waals surface area contributed by atoms with Gasteiger partial charge in [-0.1, -0.05) is 83.1 Å². The van der Waals surface area contributed by atoms with Crippen LogP contribution in [0.1, 0.15) is 26.7 Å². The van der Waals surface area contributed by atoms with Crippen molar-refractivity contribution < 1.29 is 0 Å². The molecule has 0 aliphatic carbocycles. The molecule has 1 N–H and O–H groups in total. The van der Waals surface area contributed by atoms with Gasteiger partial charge < -0.3 is 0 Å². The molecule has 1 saturated heterocycles. The number of rotatable bonds is 9. The van der Waals surface area contributed by atoms with Crippen molar-refractivity contribution >= 4 is 21.3 Å². The highest BCUT2D eigenvalue weighted by Gasteiger charge is 2.46. The molecule has 1 aliphatic heterocycles. The maximum Gasteiger partial charge on any atom is 0.0937 e. The Kier molecular flexibility index (Phi) is 9.61. The molecule has 3 atom stereocenters. The zero-order valence-corrected chi connectivity index (χ0v) is 17.1. The standard InChI is InChI=1S/C20H31N2PS/c1-6-10-13-17(8-3)20(21-24-5,18(9-4)14-11-7-2)19-15-12-16-22(19)23/h6-11,13-14,19,21H,1,4,12,15-16,23H2,2-3,5H3/b11-7-,13-10-,17-8+,18-14+. The number of nitrogens with one attached hydrogen (secondary N) is 1. The Bertz CT molecular complexity index is 548. The molecule has 1 rings (SSSR count). The molecular weight excluding hydrogens is 331 g/mol. The van der Waals surface area contributed by atoms with Gasteiger partial charge in [-0.3, -0.25) is 4.67 Å². The lowest BCUT2D eigenvalue weighted by atomic mass is 9.75. The molecule has 0 aromatic carbocycles. The van der Waals surface area contributed by atoms with Crippen LogP contribution in [-0.4, -0.2) is 29.1 Å². The van der Waals surface area contributed by atoms with Gasteiger partial charge in [0.1, 0.15) is 0 Å². The van der Waals surface area contributed by atoms with Gasteiger partial charge in [0, 0.05) is 12.6 Å². The van der Waals surface area contributed by atoms with Gasteiger partial charge >= 0.3 is 0 Å². The molecule has 4 heteroatoms. The van der Waals surface area contributed by atoms with Crippen molar-refractivity contribution in [1.29, 1.82) is 0 Å². The van der Waals surface area contributed by atoms with Crippen LogP contribution in [0.25, 0.3) is 0 Å². The third kappa shape index (κ3) is 4.61. The van der Waals surface area contributed by atoms with E-state index in [9.17, 15) is 0 Å². The van der Waals surface area contributed by atoms with Crippen molar-refractivity contribution in [1.82, 2.24) is 9.39 Å². The summed E-state index contributed by atoms with van der Waals surface area (Å²) in [6, 6.07) is 0.338. The normalized spacial score (nSPS) is 23.1. The van der Waals surface area contributed by atoms with Gasteiger partial charge in [0.2, 0.25) is 0 Å². The predicted octanol–water partition coefficient (Wildman–Crippen LogP) is 5.22. The van der Waals surface area contributed by atoms with Crippen LogP contribution in [0.4, 0.5) is 0 Å². The summed E-state index contributed by atoms with van der Waals surface area (Å²) in [5.74, 6) is 0. The first-order valence-corrected chi connectivity index (χ1v) is 10.1. The maximum absolute atomic E-state index is 4.11. The molecule has 0 amide bonds. The Hall–Kier alpha value is -0.860. The summed E-state index contributed by atoms with van der Waals surface area (Å²) in [7, 11) is 2.91. The molecule has 1 fully saturated rings. The fraction of sp³-hybridized carbons (Fsp3) is 0.400. The third-order valence-corrected chi connectivity index (χ3v) is 5.52. The average molecular weight is 363 g/mol. The van der Waals surface area contributed by atoms with Crippen LogP contribution in [-0.2, 0) is 0 Å². The van der Waals surface area contributed by atoms with Gasteiger partial charge in [-0.05, 0) is 44.1 Å². The summed E-state index contributed by atoms with van der Waals surface area (Å²) in [6.07, 6.45) is 20.9. The lowest BCUT2D eigenvalue weighted by Gasteiger charge is -2.44. The van der Waals surface area contributed by atoms with Crippen LogP contribution in [0.2, 0.25) is 0 Å². The van der Waals surface area contributed by atoms with Gasteiger partial charge in [0.05, 0.1) is 5.54 Å². The van der Waals surface area contributed by atoms with Crippen LogP contribution in [0.3, 0.4) is 0 Å². The maximum atomic E-state index is 4.11. The molecule has 0 spiro atoms. The second-order valence-electron chi connectivity index (χ2n) is 5.70. The minimum absolute atomic E-state index is 0.326. The molecular formula is C20H31N2PS. The largest absolute Gasteiger partial charge is 0.282 e. The van der Waals surface area contributed by atoms with Gasteiger partial charge in [-0.25, -0.2) is 4.72 Å². The Labute approximate surface area is 154 Å². The van der Waals surface area contributed by atoms with E-state index < -0.39 is 0 Å². The van der Waals surface area contributed by atoms with Crippen molar-refractivity contribution in [3.05, 3.63) is 72.9 Å². The SMILES string of the molecule is C=C/C=C\C(=C/C)C(NSC)(/C(C=C)=C/C=C\C)C1CCCN1P. The van der Waals surface area contributed by atoms with E-state index in [1.807, 2.05) is 25.2 Å². The Morgan fingerprint density at radius 2 is 2.04 bits per heavy atom. The average Bonchev–Trinajstić information content (AvgIpc) is 3.02. The lowest BCUT2D eigenvalue weighted by molar-refractivity contribution is 0.316. The van der Waals surface area contributed by atoms with Gasteiger partial charge in [0.25, 0.3) is 0 Å². The molecule has 0 bridgehead atoms. The van der Waals surface area contributed by atoms with Crippen LogP contribution < -0.4 is 4.72 Å². The van der Waals surface area contributed by atoms with E-state index in [1.54, 1.807) is 11.9 Å². The number of nitrogens with zero attached hydrogens (tertiary/aromatic N) is 1. The summed E-state index contributed by atoms with van der Waals surface area (Å²) in [5, 5.41) is 0. The molecule has 0 saturated carbocycles. The van der Waals surface area contributed by atoms with Crippen LogP contribution in [0.5, 0.6) is 0 Å². The Balaban J connectivity index is 3.63. The summed E-state index contributed by atoms with van der Waals surface area (Å²) in [5.41, 5.74) is 2.08. The van der Waals surface area contributed by atoms with E-state index in [0.717, 1.165) is 13.0 Å². The third-order valence-electron chi connectivity index (χ3n) is 4.38. The van der Waals surface area contributed by atoms with Crippen molar-refractivity contribution in [3.63, 3.8) is 0 Å². The van der Waals surface area contributed by atoms with Gasteiger partial charge in [-0.15, -0.1) is 0 Å². The van der Waals surface area contributed by atoms with E-state index in [4.69, 9.17) is 0 Å². The van der Waals surface area contributed by atoms with Crippen molar-refractivity contribution in [3.8, 4) is 0 Å². The van der Waals surface area contributed by atoms with Crippen molar-refractivity contribution in [2.75, 3.05) is 12.8 Å². The molecule has 3 unspecified atom stereocenters. The lowest BCUT2D eigenvalue weighted by Crippen LogP contribution is -2.57. The Morgan fingerprint density at radius 1 is 1.29 bits per heavy atom. The van der Waals surface area contributed by atoms with Gasteiger partial charge in [0.15, 0.2) is 0 Å². The monoisotopic (exact) mass is 362 g/mol. The number of hydrogen-bond donors (Lipinski definition) is 1. The molecule has 1 aliphatic rings. The van der Waals surface area contributed by atoms with E-state index in [2.05, 4.69) is 75.5 Å². The first-order chi connectivity index (χ1) is 11.6. The first kappa shape index (κ1) is 21.2. The molecule has 0 aromatic heterocycles. The highest BCUT2D eigenvalue weighted by Crippen LogP contribution is 2.41. The van der Waals surface area contributed by atoms with Crippen LogP contribution in [0.15, 0.2) is 72.9 Å². The molecule has 0 aromatic rings. The summed E-state index contributed by atoms with van der Waals surface area (Å²) in [6.45, 7) is 13.1. The van der Waals surface area contributed by atoms with Crippen LogP contribution >= 0.6 is 21.3 Å². The van der Waals surface area contributed by atoms with E-state index in [-0.39, 0.29) is 5.54 Å². The molecule has 132 valence electrons. The Morgan fingerprint density at radius 3 is 2.50 bits per heavy atom. The zero-order valence-electron chi connectivity index (χ0n) is 15.2. The fourth-order valence-electron chi connectivity index (χ4n) is 3.34. The van der Waals surface area contributed by atoms with Crippen LogP contribution in [0, 0.1) is 0 Å². The molecule has 1 heterocycles. The van der Waals surface area contributed by atoms with E-state index in [0.29, 0.717) is 6.04 Å². The number of allylic oxidation sites excluding steroid dienone is 6. The second kappa shape index (κ2) is 10.9. The van der Waals surface area contributed by atoms with Crippen molar-refractivity contribution in [2.24, 2.45) is 0 Å². The van der Waals surface area contributed by atoms with Crippen molar-refractivity contribution in [2.45, 2.75) is 38.3 Å². The predicted molar refractivity (Wildman–Crippen MR) is 115 cm³/mol. The fourth-order valence-corrected chi connectivity index (χ4v) is 4.59. The minimum atomic E-state index is -0.326. The second-order valence-corrected chi connectivity index (χ2v) is 6.98. The molecule has 0 radical (unpaired) electrons. The number of hydrogen-bond acceptors (Lipinski definition) is 3. The quantitative estimate of drug-likeness (QED) is 0.344. The van der Waals surface area contributed by atoms with E-state index in [1.165, 1.54) is 17.6 Å². The van der Waals surface area contributed by atoms with E-state index >= 15 is 0 Å². The highest BCUT2D eigenvalue weighted by molar-refractivity contribution is 7.96. The molecule has 2 nitrogen and oxygen atoms in total. The highest BCUT2D eigenvalue weighted by atomic mass is 32.2. The summed E-state index contributed by atoms with van der Waals surface area (Å²) in [4.78, 5) is 0. The summed E-state index contributed by atoms with van der Waals surface area (Å²) < 4.78 is 6.10. The first-order valence-electron chi connectivity index (χ1n) is 8.35. The topological polar surface area (TPSA) is 15.3 Å². The smallest absolute Gasteiger partial charge is 0.0937 e. The minimum Gasteiger partial charge on any atom is -0.282 e.